The van der Waals surface area contributed by atoms with Crippen molar-refractivity contribution in [1.29, 1.82) is 0 Å². The molecule has 0 aliphatic heterocycles. The number of aryl methyl sites for hydroxylation is 1. The number of halogens is 2. The van der Waals surface area contributed by atoms with Crippen LogP contribution in [0.4, 0.5) is 10.2 Å². The van der Waals surface area contributed by atoms with Crippen molar-refractivity contribution in [1.82, 2.24) is 9.97 Å². The third-order valence-electron chi connectivity index (χ3n) is 3.59. The first kappa shape index (κ1) is 16.0. The third-order valence-corrected chi connectivity index (χ3v) is 4.91. The molecule has 0 amide bonds. The average Bonchev–Trinajstić information content (AvgIpc) is 2.85. The number of thiophene rings is 1. The molecule has 0 unspecified atom stereocenters. The van der Waals surface area contributed by atoms with Crippen molar-refractivity contribution < 1.29 is 9.13 Å². The van der Waals surface area contributed by atoms with Crippen LogP contribution in [-0.4, -0.2) is 23.6 Å². The molecule has 0 aliphatic rings. The van der Waals surface area contributed by atoms with Crippen LogP contribution in [0.3, 0.4) is 0 Å². The number of hydrogen-bond acceptors (Lipinski definition) is 5. The highest BCUT2D eigenvalue weighted by Gasteiger charge is 2.16. The average molecular weight is 352 g/mol. The zero-order chi connectivity index (χ0) is 16.4. The van der Waals surface area contributed by atoms with Gasteiger partial charge in [0.25, 0.3) is 0 Å². The van der Waals surface area contributed by atoms with Gasteiger partial charge in [-0.15, -0.1) is 11.3 Å². The highest BCUT2D eigenvalue weighted by molar-refractivity contribution is 7.19. The van der Waals surface area contributed by atoms with Crippen molar-refractivity contribution in [3.63, 3.8) is 0 Å². The fourth-order valence-corrected chi connectivity index (χ4v) is 3.77. The van der Waals surface area contributed by atoms with Gasteiger partial charge in [-0.1, -0.05) is 11.6 Å². The van der Waals surface area contributed by atoms with Crippen LogP contribution in [0.5, 0.6) is 5.75 Å². The maximum atomic E-state index is 14.6. The van der Waals surface area contributed by atoms with Crippen molar-refractivity contribution in [2.45, 2.75) is 13.3 Å². The highest BCUT2D eigenvalue weighted by Crippen LogP contribution is 2.36. The number of nitrogens with zero attached hydrogens (tertiary/aromatic N) is 2. The van der Waals surface area contributed by atoms with E-state index in [1.807, 2.05) is 13.0 Å². The van der Waals surface area contributed by atoms with Crippen LogP contribution in [-0.2, 0) is 6.42 Å². The van der Waals surface area contributed by atoms with E-state index in [0.717, 1.165) is 15.1 Å². The van der Waals surface area contributed by atoms with Gasteiger partial charge in [0.1, 0.15) is 17.3 Å². The first-order valence-corrected chi connectivity index (χ1v) is 8.25. The molecule has 2 heterocycles. The van der Waals surface area contributed by atoms with Gasteiger partial charge < -0.3 is 10.1 Å². The molecule has 0 spiro atoms. The van der Waals surface area contributed by atoms with Crippen molar-refractivity contribution in [2.24, 2.45) is 0 Å². The lowest BCUT2D eigenvalue weighted by Gasteiger charge is -2.07. The monoisotopic (exact) mass is 351 g/mol. The molecule has 0 saturated carbocycles. The van der Waals surface area contributed by atoms with Gasteiger partial charge in [0.15, 0.2) is 11.6 Å². The van der Waals surface area contributed by atoms with Gasteiger partial charge in [-0.3, -0.25) is 0 Å². The first-order valence-electron chi connectivity index (χ1n) is 7.06. The predicted octanol–water partition coefficient (Wildman–Crippen LogP) is 4.46. The Hall–Kier alpha value is -1.92. The van der Waals surface area contributed by atoms with Gasteiger partial charge in [0.2, 0.25) is 0 Å². The van der Waals surface area contributed by atoms with E-state index < -0.39 is 0 Å². The zero-order valence-corrected chi connectivity index (χ0v) is 14.3. The number of anilines is 1. The van der Waals surface area contributed by atoms with Crippen LogP contribution in [0.2, 0.25) is 5.15 Å². The molecule has 23 heavy (non-hydrogen) atoms. The van der Waals surface area contributed by atoms with Gasteiger partial charge in [0, 0.05) is 27.6 Å². The van der Waals surface area contributed by atoms with Crippen molar-refractivity contribution in [3.8, 4) is 5.75 Å². The zero-order valence-electron chi connectivity index (χ0n) is 12.7. The summed E-state index contributed by atoms with van der Waals surface area (Å²) in [6.07, 6.45) is 2.08. The van der Waals surface area contributed by atoms with E-state index in [0.29, 0.717) is 29.3 Å². The van der Waals surface area contributed by atoms with Crippen LogP contribution < -0.4 is 10.1 Å². The predicted molar refractivity (Wildman–Crippen MR) is 92.3 cm³/mol. The van der Waals surface area contributed by atoms with Gasteiger partial charge >= 0.3 is 0 Å². The Labute approximate surface area is 142 Å². The van der Waals surface area contributed by atoms with Crippen LogP contribution in [0, 0.1) is 12.7 Å². The number of nitrogens with one attached hydrogen (secondary N) is 1. The third kappa shape index (κ3) is 3.23. The summed E-state index contributed by atoms with van der Waals surface area (Å²) >= 11 is 7.42. The number of hydrogen-bond donors (Lipinski definition) is 1. The number of rotatable bonds is 5. The molecule has 0 saturated heterocycles. The molecule has 0 bridgehead atoms. The number of methoxy groups -OCH3 is 1. The smallest absolute Gasteiger partial charge is 0.173 e. The Morgan fingerprint density at radius 2 is 2.17 bits per heavy atom. The quantitative estimate of drug-likeness (QED) is 0.689. The molecule has 7 heteroatoms. The van der Waals surface area contributed by atoms with E-state index in [-0.39, 0.29) is 11.6 Å². The number of ether oxygens (including phenoxy) is 1. The molecule has 0 atom stereocenters. The molecule has 1 aromatic carbocycles. The summed E-state index contributed by atoms with van der Waals surface area (Å²) in [6.45, 7) is 2.63. The van der Waals surface area contributed by atoms with E-state index in [4.69, 9.17) is 16.3 Å². The lowest BCUT2D eigenvalue weighted by atomic mass is 10.1. The minimum absolute atomic E-state index is 0.270. The fourth-order valence-electron chi connectivity index (χ4n) is 2.51. The first-order chi connectivity index (χ1) is 11.1. The standard InChI is InChI=1S/C16H15ClFN3OS/c1-9-10(5-6-19-14-7-13(17)20-8-21-14)15-12(23-9)4-3-11(22-2)16(15)18/h3-4,7-8H,5-6H2,1-2H3,(H,19,20,21). The minimum atomic E-state index is -0.297. The Balaban J connectivity index is 1.83. The van der Waals surface area contributed by atoms with E-state index in [1.165, 1.54) is 13.4 Å². The summed E-state index contributed by atoms with van der Waals surface area (Å²) in [7, 11) is 1.48. The molecule has 4 nitrogen and oxygen atoms in total. The van der Waals surface area contributed by atoms with E-state index in [9.17, 15) is 4.39 Å². The summed E-state index contributed by atoms with van der Waals surface area (Å²) in [5.74, 6) is 0.627. The lowest BCUT2D eigenvalue weighted by molar-refractivity contribution is 0.389. The summed E-state index contributed by atoms with van der Waals surface area (Å²) < 4.78 is 20.6. The van der Waals surface area contributed by atoms with E-state index in [2.05, 4.69) is 15.3 Å². The molecule has 3 aromatic rings. The van der Waals surface area contributed by atoms with Crippen molar-refractivity contribution in [2.75, 3.05) is 19.0 Å². The maximum Gasteiger partial charge on any atom is 0.173 e. The van der Waals surface area contributed by atoms with Gasteiger partial charge in [-0.2, -0.15) is 0 Å². The molecule has 3 rings (SSSR count). The Morgan fingerprint density at radius 3 is 2.91 bits per heavy atom. The van der Waals surface area contributed by atoms with Crippen LogP contribution in [0.15, 0.2) is 24.5 Å². The second kappa shape index (κ2) is 6.68. The number of aromatic nitrogens is 2. The fraction of sp³-hybridized carbons (Fsp3) is 0.250. The SMILES string of the molecule is COc1ccc2sc(C)c(CCNc3cc(Cl)ncn3)c2c1F. The molecule has 0 aliphatic carbocycles. The van der Waals surface area contributed by atoms with E-state index in [1.54, 1.807) is 23.5 Å². The molecule has 2 aromatic heterocycles. The highest BCUT2D eigenvalue weighted by atomic mass is 35.5. The second-order valence-corrected chi connectivity index (χ2v) is 6.64. The van der Waals surface area contributed by atoms with Crippen LogP contribution in [0.1, 0.15) is 10.4 Å². The molecule has 1 N–H and O–H groups in total. The molecular formula is C16H15ClFN3OS. The lowest BCUT2D eigenvalue weighted by Crippen LogP contribution is -2.07. The summed E-state index contributed by atoms with van der Waals surface area (Å²) in [5, 5.41) is 4.21. The van der Waals surface area contributed by atoms with Crippen LogP contribution >= 0.6 is 22.9 Å². The largest absolute Gasteiger partial charge is 0.494 e. The van der Waals surface area contributed by atoms with E-state index >= 15 is 0 Å². The van der Waals surface area contributed by atoms with Crippen molar-refractivity contribution >= 4 is 38.8 Å². The summed E-state index contributed by atoms with van der Waals surface area (Å²) in [5.41, 5.74) is 0.994. The molecule has 0 radical (unpaired) electrons. The summed E-state index contributed by atoms with van der Waals surface area (Å²) in [4.78, 5) is 9.03. The maximum absolute atomic E-state index is 14.6. The van der Waals surface area contributed by atoms with Gasteiger partial charge in [0.05, 0.1) is 7.11 Å². The Morgan fingerprint density at radius 1 is 1.35 bits per heavy atom. The minimum Gasteiger partial charge on any atom is -0.494 e. The number of benzene rings is 1. The Bertz CT molecular complexity index is 853. The topological polar surface area (TPSA) is 47.0 Å². The van der Waals surface area contributed by atoms with Gasteiger partial charge in [-0.25, -0.2) is 14.4 Å². The molecule has 0 fully saturated rings. The summed E-state index contributed by atoms with van der Waals surface area (Å²) in [6, 6.07) is 5.22. The van der Waals surface area contributed by atoms with Gasteiger partial charge in [-0.05, 0) is 31.0 Å². The second-order valence-electron chi connectivity index (χ2n) is 4.99. The number of fused-ring (bicyclic) bond motifs is 1. The van der Waals surface area contributed by atoms with Crippen LogP contribution in [0.25, 0.3) is 10.1 Å². The normalized spacial score (nSPS) is 11.0. The van der Waals surface area contributed by atoms with Crippen molar-refractivity contribution in [3.05, 3.63) is 45.9 Å². The molecule has 120 valence electrons. The Kier molecular flexibility index (Phi) is 4.63. The molecular weight excluding hydrogens is 337 g/mol.